The van der Waals surface area contributed by atoms with Gasteiger partial charge in [0.25, 0.3) is 5.56 Å². The van der Waals surface area contributed by atoms with Crippen LogP contribution in [0.3, 0.4) is 0 Å². The van der Waals surface area contributed by atoms with E-state index < -0.39 is 0 Å². The van der Waals surface area contributed by atoms with E-state index in [2.05, 4.69) is 0 Å². The standard InChI is InChI=1S/C21H17FN2OS/c1-13-7-3-6-10-18(13)24-20(14(2)15-8-4-5-9-16(15)22)23-17-11-12-26-19(17)21(24)25/h3-12,14H,1-2H3. The van der Waals surface area contributed by atoms with E-state index in [0.717, 1.165) is 11.3 Å². The quantitative estimate of drug-likeness (QED) is 0.510. The van der Waals surface area contributed by atoms with Gasteiger partial charge in [-0.1, -0.05) is 43.3 Å². The van der Waals surface area contributed by atoms with Crippen molar-refractivity contribution in [2.24, 2.45) is 0 Å². The van der Waals surface area contributed by atoms with Gasteiger partial charge in [0, 0.05) is 5.92 Å². The predicted molar refractivity (Wildman–Crippen MR) is 104 cm³/mol. The Bertz CT molecular complexity index is 1160. The van der Waals surface area contributed by atoms with Crippen LogP contribution in [0.4, 0.5) is 4.39 Å². The smallest absolute Gasteiger partial charge is 0.267 e. The maximum absolute atomic E-state index is 14.4. The first-order valence-corrected chi connectivity index (χ1v) is 9.26. The second-order valence-corrected chi connectivity index (χ2v) is 7.19. The SMILES string of the molecule is Cc1ccccc1-n1c(C(C)c2ccccc2F)nc2ccsc2c1=O. The molecular formula is C21H17FN2OS. The number of rotatable bonds is 3. The van der Waals surface area contributed by atoms with E-state index >= 15 is 0 Å². The summed E-state index contributed by atoms with van der Waals surface area (Å²) in [6.07, 6.45) is 0. The van der Waals surface area contributed by atoms with Crippen molar-refractivity contribution in [2.45, 2.75) is 19.8 Å². The molecule has 4 rings (SSSR count). The molecule has 26 heavy (non-hydrogen) atoms. The van der Waals surface area contributed by atoms with Crippen LogP contribution in [-0.4, -0.2) is 9.55 Å². The van der Waals surface area contributed by atoms with Crippen LogP contribution < -0.4 is 5.56 Å². The van der Waals surface area contributed by atoms with Gasteiger partial charge in [0.1, 0.15) is 16.3 Å². The van der Waals surface area contributed by atoms with E-state index in [1.54, 1.807) is 22.8 Å². The van der Waals surface area contributed by atoms with Gasteiger partial charge in [0.2, 0.25) is 0 Å². The molecular weight excluding hydrogens is 347 g/mol. The highest BCUT2D eigenvalue weighted by molar-refractivity contribution is 7.17. The van der Waals surface area contributed by atoms with Crippen molar-refractivity contribution in [1.29, 1.82) is 0 Å². The van der Waals surface area contributed by atoms with Gasteiger partial charge < -0.3 is 0 Å². The summed E-state index contributed by atoms with van der Waals surface area (Å²) < 4.78 is 16.6. The third-order valence-electron chi connectivity index (χ3n) is 4.62. The summed E-state index contributed by atoms with van der Waals surface area (Å²) >= 11 is 1.38. The van der Waals surface area contributed by atoms with Crippen LogP contribution in [-0.2, 0) is 0 Å². The molecule has 0 fully saturated rings. The molecule has 2 aromatic heterocycles. The average Bonchev–Trinajstić information content (AvgIpc) is 3.11. The molecule has 0 spiro atoms. The lowest BCUT2D eigenvalue weighted by molar-refractivity contribution is 0.594. The Labute approximate surface area is 154 Å². The third kappa shape index (κ3) is 2.65. The molecule has 1 atom stereocenters. The Balaban J connectivity index is 2.05. The first kappa shape index (κ1) is 16.7. The summed E-state index contributed by atoms with van der Waals surface area (Å²) in [4.78, 5) is 18.0. The molecule has 0 bridgehead atoms. The minimum Gasteiger partial charge on any atom is -0.267 e. The van der Waals surface area contributed by atoms with E-state index in [4.69, 9.17) is 4.98 Å². The summed E-state index contributed by atoms with van der Waals surface area (Å²) in [6.45, 7) is 3.84. The Hall–Kier alpha value is -2.79. The zero-order valence-electron chi connectivity index (χ0n) is 14.4. The number of fused-ring (bicyclic) bond motifs is 1. The number of halogens is 1. The molecule has 130 valence electrons. The fourth-order valence-corrected chi connectivity index (χ4v) is 3.99. The monoisotopic (exact) mass is 364 g/mol. The zero-order valence-corrected chi connectivity index (χ0v) is 15.3. The van der Waals surface area contributed by atoms with Crippen molar-refractivity contribution in [1.82, 2.24) is 9.55 Å². The molecule has 0 N–H and O–H groups in total. The second kappa shape index (κ2) is 6.50. The first-order chi connectivity index (χ1) is 12.6. The van der Waals surface area contributed by atoms with Gasteiger partial charge in [0.15, 0.2) is 0 Å². The number of aromatic nitrogens is 2. The summed E-state index contributed by atoms with van der Waals surface area (Å²) in [6, 6.07) is 16.2. The first-order valence-electron chi connectivity index (χ1n) is 8.38. The van der Waals surface area contributed by atoms with Gasteiger partial charge in [-0.05, 0) is 41.6 Å². The van der Waals surface area contributed by atoms with Crippen LogP contribution in [0.2, 0.25) is 0 Å². The van der Waals surface area contributed by atoms with E-state index in [0.29, 0.717) is 21.6 Å². The number of para-hydroxylation sites is 1. The lowest BCUT2D eigenvalue weighted by Gasteiger charge is -2.19. The summed E-state index contributed by atoms with van der Waals surface area (Å²) in [7, 11) is 0. The summed E-state index contributed by atoms with van der Waals surface area (Å²) in [5.74, 6) is -0.121. The highest BCUT2D eigenvalue weighted by Crippen LogP contribution is 2.28. The van der Waals surface area contributed by atoms with Crippen LogP contribution in [0.25, 0.3) is 15.9 Å². The minimum absolute atomic E-state index is 0.113. The molecule has 1 unspecified atom stereocenters. The van der Waals surface area contributed by atoms with Gasteiger partial charge >= 0.3 is 0 Å². The fourth-order valence-electron chi connectivity index (χ4n) is 3.23. The normalized spacial score (nSPS) is 12.4. The molecule has 0 saturated heterocycles. The molecule has 5 heteroatoms. The number of nitrogens with zero attached hydrogens (tertiary/aromatic N) is 2. The van der Waals surface area contributed by atoms with E-state index in [1.807, 2.05) is 49.6 Å². The van der Waals surface area contributed by atoms with Gasteiger partial charge in [-0.15, -0.1) is 11.3 Å². The predicted octanol–water partition coefficient (Wildman–Crippen LogP) is 5.05. The molecule has 0 radical (unpaired) electrons. The van der Waals surface area contributed by atoms with E-state index in [-0.39, 0.29) is 17.3 Å². The van der Waals surface area contributed by atoms with E-state index in [9.17, 15) is 9.18 Å². The highest BCUT2D eigenvalue weighted by Gasteiger charge is 2.22. The van der Waals surface area contributed by atoms with Gasteiger partial charge in [-0.25, -0.2) is 9.37 Å². The molecule has 0 aliphatic rings. The lowest BCUT2D eigenvalue weighted by Crippen LogP contribution is -2.25. The second-order valence-electron chi connectivity index (χ2n) is 6.28. The Morgan fingerprint density at radius 2 is 1.81 bits per heavy atom. The summed E-state index contributed by atoms with van der Waals surface area (Å²) in [5, 5.41) is 1.86. The van der Waals surface area contributed by atoms with Crippen molar-refractivity contribution in [3.8, 4) is 5.69 Å². The maximum Gasteiger partial charge on any atom is 0.276 e. The van der Waals surface area contributed by atoms with Crippen molar-refractivity contribution in [2.75, 3.05) is 0 Å². The van der Waals surface area contributed by atoms with Crippen molar-refractivity contribution in [3.63, 3.8) is 0 Å². The lowest BCUT2D eigenvalue weighted by atomic mass is 9.99. The number of hydrogen-bond acceptors (Lipinski definition) is 3. The number of aryl methyl sites for hydroxylation is 1. The molecule has 0 aliphatic heterocycles. The van der Waals surface area contributed by atoms with Gasteiger partial charge in [-0.2, -0.15) is 0 Å². The number of hydrogen-bond donors (Lipinski definition) is 0. The number of thiophene rings is 1. The fraction of sp³-hybridized carbons (Fsp3) is 0.143. The van der Waals surface area contributed by atoms with Crippen LogP contribution in [0.5, 0.6) is 0 Å². The summed E-state index contributed by atoms with van der Waals surface area (Å²) in [5.41, 5.74) is 2.81. The van der Waals surface area contributed by atoms with Crippen LogP contribution >= 0.6 is 11.3 Å². The Morgan fingerprint density at radius 3 is 2.58 bits per heavy atom. The largest absolute Gasteiger partial charge is 0.276 e. The Morgan fingerprint density at radius 1 is 1.08 bits per heavy atom. The van der Waals surface area contributed by atoms with Crippen LogP contribution in [0.15, 0.2) is 64.8 Å². The third-order valence-corrected chi connectivity index (χ3v) is 5.51. The van der Waals surface area contributed by atoms with Crippen molar-refractivity contribution >= 4 is 21.6 Å². The van der Waals surface area contributed by atoms with Gasteiger partial charge in [0.05, 0.1) is 11.2 Å². The molecule has 2 aromatic carbocycles. The van der Waals surface area contributed by atoms with Gasteiger partial charge in [-0.3, -0.25) is 9.36 Å². The van der Waals surface area contributed by atoms with Crippen molar-refractivity contribution in [3.05, 3.63) is 93.1 Å². The molecule has 2 heterocycles. The highest BCUT2D eigenvalue weighted by atomic mass is 32.1. The molecule has 0 saturated carbocycles. The zero-order chi connectivity index (χ0) is 18.3. The Kier molecular flexibility index (Phi) is 4.17. The minimum atomic E-state index is -0.368. The molecule has 0 aliphatic carbocycles. The maximum atomic E-state index is 14.4. The van der Waals surface area contributed by atoms with Crippen LogP contribution in [0, 0.1) is 12.7 Å². The number of benzene rings is 2. The van der Waals surface area contributed by atoms with Crippen LogP contribution in [0.1, 0.15) is 29.8 Å². The topological polar surface area (TPSA) is 34.9 Å². The van der Waals surface area contributed by atoms with E-state index in [1.165, 1.54) is 17.4 Å². The molecule has 0 amide bonds. The molecule has 4 aromatic rings. The average molecular weight is 364 g/mol. The molecule has 3 nitrogen and oxygen atoms in total. The van der Waals surface area contributed by atoms with Crippen molar-refractivity contribution < 1.29 is 4.39 Å².